The van der Waals surface area contributed by atoms with Crippen LogP contribution in [0, 0.1) is 15.5 Å². The van der Waals surface area contributed by atoms with Crippen molar-refractivity contribution in [3.05, 3.63) is 45.3 Å². The lowest BCUT2D eigenvalue weighted by Gasteiger charge is -2.29. The first kappa shape index (κ1) is 20.8. The van der Waals surface area contributed by atoms with Crippen molar-refractivity contribution >= 4 is 34.7 Å². The predicted molar refractivity (Wildman–Crippen MR) is 109 cm³/mol. The molecule has 28 heavy (non-hydrogen) atoms. The maximum Gasteiger partial charge on any atom is 0.324 e. The maximum atomic E-state index is 13.3. The average molecular weight is 426 g/mol. The Bertz CT molecular complexity index is 861. The van der Waals surface area contributed by atoms with Crippen LogP contribution in [0.15, 0.2) is 23.8 Å². The topological polar surface area (TPSA) is 93.3 Å². The number of aryl methyl sites for hydroxylation is 1. The van der Waals surface area contributed by atoms with Crippen LogP contribution in [0.25, 0.3) is 0 Å². The van der Waals surface area contributed by atoms with E-state index >= 15 is 0 Å². The Labute approximate surface area is 173 Å². The molecular weight excluding hydrogens is 402 g/mol. The number of nitro groups is 1. The normalized spacial score (nSPS) is 19.8. The summed E-state index contributed by atoms with van der Waals surface area (Å²) in [6, 6.07) is 1.57. The molecule has 8 nitrogen and oxygen atoms in total. The van der Waals surface area contributed by atoms with Crippen LogP contribution in [0.4, 0.5) is 5.00 Å². The Kier molecular flexibility index (Phi) is 6.07. The van der Waals surface area contributed by atoms with Crippen LogP contribution in [0.5, 0.6) is 0 Å². The minimum atomic E-state index is -0.443. The van der Waals surface area contributed by atoms with Gasteiger partial charge in [-0.15, -0.1) is 12.4 Å². The fourth-order valence-corrected chi connectivity index (χ4v) is 4.88. The van der Waals surface area contributed by atoms with Crippen LogP contribution in [0.3, 0.4) is 0 Å². The molecular formula is C18H24ClN5O3S. The van der Waals surface area contributed by atoms with Gasteiger partial charge in [-0.05, 0) is 44.7 Å². The molecule has 1 spiro atoms. The summed E-state index contributed by atoms with van der Waals surface area (Å²) in [6.45, 7) is 5.23. The van der Waals surface area contributed by atoms with E-state index < -0.39 is 4.92 Å². The van der Waals surface area contributed by atoms with Crippen molar-refractivity contribution in [1.29, 1.82) is 0 Å². The van der Waals surface area contributed by atoms with Crippen LogP contribution < -0.4 is 5.32 Å². The van der Waals surface area contributed by atoms with Gasteiger partial charge < -0.3 is 14.8 Å². The standard InChI is InChI=1S/C18H23N5O3S.ClH/c1-2-21-8-7-20-15(21)11-22(14-10-18(14)3-5-19-6-4-18)17(24)13-9-16(23(25)26)27-12-13;/h7-9,12,14,19H,2-6,10-11H2,1H3;1H. The first-order valence-electron chi connectivity index (χ1n) is 9.29. The van der Waals surface area contributed by atoms with Crippen LogP contribution >= 0.6 is 23.7 Å². The van der Waals surface area contributed by atoms with Crippen molar-refractivity contribution in [2.24, 2.45) is 5.41 Å². The van der Waals surface area contributed by atoms with Gasteiger partial charge in [0, 0.05) is 36.4 Å². The highest BCUT2D eigenvalue weighted by Crippen LogP contribution is 2.56. The number of carbonyl (C=O) groups is 1. The van der Waals surface area contributed by atoms with E-state index in [-0.39, 0.29) is 34.8 Å². The number of aromatic nitrogens is 2. The number of hydrogen-bond acceptors (Lipinski definition) is 6. The largest absolute Gasteiger partial charge is 0.334 e. The van der Waals surface area contributed by atoms with Crippen LogP contribution in [0.1, 0.15) is 42.4 Å². The van der Waals surface area contributed by atoms with Crippen molar-refractivity contribution in [3.8, 4) is 0 Å². The Morgan fingerprint density at radius 2 is 2.25 bits per heavy atom. The SMILES string of the molecule is CCn1ccnc1CN(C(=O)c1csc([N+](=O)[O-])c1)C1CC12CCNCC2.Cl. The van der Waals surface area contributed by atoms with Crippen molar-refractivity contribution in [3.63, 3.8) is 0 Å². The molecule has 0 aromatic carbocycles. The van der Waals surface area contributed by atoms with E-state index in [2.05, 4.69) is 10.3 Å². The van der Waals surface area contributed by atoms with Crippen LogP contribution in [-0.4, -0.2) is 44.4 Å². The number of amides is 1. The molecule has 10 heteroatoms. The minimum Gasteiger partial charge on any atom is -0.334 e. The quantitative estimate of drug-likeness (QED) is 0.567. The average Bonchev–Trinajstić information content (AvgIpc) is 3.08. The van der Waals surface area contributed by atoms with Gasteiger partial charge >= 0.3 is 5.00 Å². The molecule has 2 aromatic heterocycles. The molecule has 0 bridgehead atoms. The summed E-state index contributed by atoms with van der Waals surface area (Å²) < 4.78 is 2.04. The lowest BCUT2D eigenvalue weighted by atomic mass is 9.93. The lowest BCUT2D eigenvalue weighted by Crippen LogP contribution is -2.39. The van der Waals surface area contributed by atoms with Gasteiger partial charge in [-0.3, -0.25) is 14.9 Å². The lowest BCUT2D eigenvalue weighted by molar-refractivity contribution is -0.380. The Morgan fingerprint density at radius 1 is 1.50 bits per heavy atom. The van der Waals surface area contributed by atoms with Crippen molar-refractivity contribution in [1.82, 2.24) is 19.8 Å². The zero-order chi connectivity index (χ0) is 19.0. The molecule has 2 fully saturated rings. The molecule has 1 saturated carbocycles. The Hall–Kier alpha value is -1.97. The van der Waals surface area contributed by atoms with E-state index in [9.17, 15) is 14.9 Å². The second-order valence-electron chi connectivity index (χ2n) is 7.33. The summed E-state index contributed by atoms with van der Waals surface area (Å²) in [7, 11) is 0. The first-order valence-corrected chi connectivity index (χ1v) is 10.2. The van der Waals surface area contributed by atoms with Crippen molar-refractivity contribution < 1.29 is 9.72 Å². The number of rotatable bonds is 6. The zero-order valence-electron chi connectivity index (χ0n) is 15.7. The van der Waals surface area contributed by atoms with E-state index in [1.54, 1.807) is 11.6 Å². The smallest absolute Gasteiger partial charge is 0.324 e. The number of imidazole rings is 1. The first-order chi connectivity index (χ1) is 13.0. The number of piperidine rings is 1. The van der Waals surface area contributed by atoms with Crippen molar-refractivity contribution in [2.45, 2.75) is 45.3 Å². The summed E-state index contributed by atoms with van der Waals surface area (Å²) >= 11 is 1.00. The molecule has 1 amide bonds. The highest BCUT2D eigenvalue weighted by molar-refractivity contribution is 7.13. The van der Waals surface area contributed by atoms with Crippen LogP contribution in [0.2, 0.25) is 0 Å². The number of nitrogens with one attached hydrogen (secondary N) is 1. The highest BCUT2D eigenvalue weighted by atomic mass is 35.5. The molecule has 2 aromatic rings. The van der Waals surface area contributed by atoms with Gasteiger partial charge in [-0.1, -0.05) is 11.3 Å². The van der Waals surface area contributed by atoms with E-state index in [0.29, 0.717) is 12.1 Å². The van der Waals surface area contributed by atoms with Gasteiger partial charge in [0.15, 0.2) is 0 Å². The van der Waals surface area contributed by atoms with E-state index in [0.717, 1.165) is 56.1 Å². The molecule has 0 radical (unpaired) electrons. The molecule has 1 aliphatic carbocycles. The van der Waals surface area contributed by atoms with Gasteiger partial charge in [-0.25, -0.2) is 4.98 Å². The third-order valence-electron chi connectivity index (χ3n) is 5.85. The van der Waals surface area contributed by atoms with Gasteiger partial charge in [0.2, 0.25) is 0 Å². The minimum absolute atomic E-state index is 0. The second-order valence-corrected chi connectivity index (χ2v) is 8.22. The molecule has 1 unspecified atom stereocenters. The monoisotopic (exact) mass is 425 g/mol. The fraction of sp³-hybridized carbons (Fsp3) is 0.556. The molecule has 3 heterocycles. The summed E-state index contributed by atoms with van der Waals surface area (Å²) in [5.74, 6) is 0.719. The summed E-state index contributed by atoms with van der Waals surface area (Å²) in [6.07, 6.45) is 6.80. The summed E-state index contributed by atoms with van der Waals surface area (Å²) in [5.41, 5.74) is 0.587. The second kappa shape index (κ2) is 8.18. The van der Waals surface area contributed by atoms with E-state index in [1.165, 1.54) is 6.07 Å². The van der Waals surface area contributed by atoms with Gasteiger partial charge in [-0.2, -0.15) is 0 Å². The third kappa shape index (κ3) is 3.78. The summed E-state index contributed by atoms with van der Waals surface area (Å²) in [5, 5.41) is 16.0. The fourth-order valence-electron chi connectivity index (χ4n) is 4.18. The highest BCUT2D eigenvalue weighted by Gasteiger charge is 2.58. The molecule has 1 N–H and O–H groups in total. The maximum absolute atomic E-state index is 13.3. The number of carbonyl (C=O) groups excluding carboxylic acids is 1. The predicted octanol–water partition coefficient (Wildman–Crippen LogP) is 3.08. The Morgan fingerprint density at radius 3 is 2.89 bits per heavy atom. The molecule has 2 aliphatic rings. The van der Waals surface area contributed by atoms with Gasteiger partial charge in [0.05, 0.1) is 17.0 Å². The number of halogens is 1. The molecule has 1 saturated heterocycles. The third-order valence-corrected chi connectivity index (χ3v) is 6.73. The molecule has 1 aliphatic heterocycles. The van der Waals surface area contributed by atoms with Crippen LogP contribution in [-0.2, 0) is 13.1 Å². The molecule has 1 atom stereocenters. The Balaban J connectivity index is 0.00000225. The number of thiophene rings is 1. The number of hydrogen-bond donors (Lipinski definition) is 1. The zero-order valence-corrected chi connectivity index (χ0v) is 17.3. The van der Waals surface area contributed by atoms with Gasteiger partial charge in [0.1, 0.15) is 5.82 Å². The van der Waals surface area contributed by atoms with E-state index in [4.69, 9.17) is 0 Å². The molecule has 4 rings (SSSR count). The summed E-state index contributed by atoms with van der Waals surface area (Å²) in [4.78, 5) is 30.2. The van der Waals surface area contributed by atoms with Gasteiger partial charge in [0.25, 0.3) is 5.91 Å². The number of nitrogens with zero attached hydrogens (tertiary/aromatic N) is 4. The van der Waals surface area contributed by atoms with Crippen molar-refractivity contribution in [2.75, 3.05) is 13.1 Å². The van der Waals surface area contributed by atoms with E-state index in [1.807, 2.05) is 22.6 Å². The molecule has 152 valence electrons.